The molecule has 2 aromatic heterocycles. The number of nitrogens with zero attached hydrogens (tertiary/aromatic N) is 4. The minimum atomic E-state index is -0.630. The van der Waals surface area contributed by atoms with E-state index < -0.39 is 17.2 Å². The Hall–Kier alpha value is -3.78. The predicted molar refractivity (Wildman–Crippen MR) is 117 cm³/mol. The van der Waals surface area contributed by atoms with Crippen LogP contribution in [0.2, 0.25) is 5.02 Å². The molecule has 0 unspecified atom stereocenters. The van der Waals surface area contributed by atoms with Gasteiger partial charge in [-0.25, -0.2) is 14.8 Å². The second-order valence-corrected chi connectivity index (χ2v) is 7.25. The van der Waals surface area contributed by atoms with Crippen LogP contribution in [0.5, 0.6) is 0 Å². The maximum absolute atomic E-state index is 13.1. The Bertz CT molecular complexity index is 1370. The first-order valence-corrected chi connectivity index (χ1v) is 9.91. The van der Waals surface area contributed by atoms with E-state index in [1.54, 1.807) is 18.2 Å². The molecule has 2 heterocycles. The quantitative estimate of drug-likeness (QED) is 0.499. The van der Waals surface area contributed by atoms with E-state index in [2.05, 4.69) is 15.3 Å². The van der Waals surface area contributed by atoms with Crippen molar-refractivity contribution in [2.75, 3.05) is 0 Å². The van der Waals surface area contributed by atoms with Crippen LogP contribution >= 0.6 is 11.6 Å². The van der Waals surface area contributed by atoms with Gasteiger partial charge in [0.25, 0.3) is 5.56 Å². The van der Waals surface area contributed by atoms with Crippen LogP contribution in [0.25, 0.3) is 11.2 Å². The summed E-state index contributed by atoms with van der Waals surface area (Å²) < 4.78 is 2.22. The fourth-order valence-corrected chi connectivity index (χ4v) is 3.42. The zero-order valence-electron chi connectivity index (χ0n) is 16.4. The highest BCUT2D eigenvalue weighted by Crippen LogP contribution is 2.14. The summed E-state index contributed by atoms with van der Waals surface area (Å²) in [6, 6.07) is 16.3. The Morgan fingerprint density at radius 2 is 1.65 bits per heavy atom. The molecule has 0 fully saturated rings. The molecular formula is C22H18ClN5O3. The maximum atomic E-state index is 13.1. The van der Waals surface area contributed by atoms with Crippen molar-refractivity contribution in [3.8, 4) is 0 Å². The molecule has 0 saturated carbocycles. The third-order valence-corrected chi connectivity index (χ3v) is 5.13. The molecule has 4 rings (SSSR count). The van der Waals surface area contributed by atoms with Crippen LogP contribution < -0.4 is 16.6 Å². The van der Waals surface area contributed by atoms with E-state index in [9.17, 15) is 14.4 Å². The summed E-state index contributed by atoms with van der Waals surface area (Å²) in [6.07, 6.45) is 2.75. The molecule has 9 heteroatoms. The number of hydrogen-bond donors (Lipinski definition) is 1. The molecule has 156 valence electrons. The van der Waals surface area contributed by atoms with Crippen molar-refractivity contribution in [1.29, 1.82) is 0 Å². The highest BCUT2D eigenvalue weighted by atomic mass is 35.5. The number of halogens is 1. The standard InChI is InChI=1S/C22H18ClN5O3/c23-17-9-5-4-8-16(17)12-26-18(29)14-27-20-19(24-10-11-25-20)21(30)28(22(27)31)13-15-6-2-1-3-7-15/h1-11H,12-14H2,(H,26,29). The SMILES string of the molecule is O=C(Cn1c(=O)n(Cc2ccccc2)c(=O)c2nccnc21)NCc1ccccc1Cl. The highest BCUT2D eigenvalue weighted by Gasteiger charge is 2.17. The predicted octanol–water partition coefficient (Wildman–Crippen LogP) is 1.97. The normalized spacial score (nSPS) is 10.9. The Morgan fingerprint density at radius 1 is 0.935 bits per heavy atom. The topological polar surface area (TPSA) is 98.9 Å². The molecule has 2 aromatic carbocycles. The van der Waals surface area contributed by atoms with Crippen LogP contribution in [0.3, 0.4) is 0 Å². The molecule has 0 aliphatic rings. The molecule has 0 saturated heterocycles. The molecule has 0 bridgehead atoms. The van der Waals surface area contributed by atoms with Gasteiger partial charge in [0.05, 0.1) is 6.54 Å². The molecule has 0 aliphatic carbocycles. The van der Waals surface area contributed by atoms with Crippen LogP contribution in [0.15, 0.2) is 76.6 Å². The van der Waals surface area contributed by atoms with Gasteiger partial charge in [-0.05, 0) is 17.2 Å². The molecule has 1 amide bonds. The van der Waals surface area contributed by atoms with E-state index in [1.807, 2.05) is 36.4 Å². The van der Waals surface area contributed by atoms with Crippen molar-refractivity contribution in [2.45, 2.75) is 19.6 Å². The Labute approximate surface area is 181 Å². The lowest BCUT2D eigenvalue weighted by Crippen LogP contribution is -2.43. The van der Waals surface area contributed by atoms with Gasteiger partial charge in [-0.2, -0.15) is 0 Å². The fourth-order valence-electron chi connectivity index (χ4n) is 3.21. The molecule has 0 atom stereocenters. The maximum Gasteiger partial charge on any atom is 0.333 e. The minimum Gasteiger partial charge on any atom is -0.350 e. The smallest absolute Gasteiger partial charge is 0.333 e. The number of carbonyl (C=O) groups excluding carboxylic acids is 1. The third kappa shape index (κ3) is 4.39. The van der Waals surface area contributed by atoms with Gasteiger partial charge in [0.2, 0.25) is 5.91 Å². The zero-order chi connectivity index (χ0) is 21.8. The van der Waals surface area contributed by atoms with E-state index in [-0.39, 0.29) is 30.8 Å². The molecule has 1 N–H and O–H groups in total. The first-order chi connectivity index (χ1) is 15.0. The minimum absolute atomic E-state index is 0.0249. The number of amides is 1. The van der Waals surface area contributed by atoms with Crippen LogP contribution in [0, 0.1) is 0 Å². The highest BCUT2D eigenvalue weighted by molar-refractivity contribution is 6.31. The summed E-state index contributed by atoms with van der Waals surface area (Å²) in [5.74, 6) is -0.418. The van der Waals surface area contributed by atoms with Crippen LogP contribution in [-0.2, 0) is 24.4 Å². The lowest BCUT2D eigenvalue weighted by molar-refractivity contribution is -0.121. The summed E-state index contributed by atoms with van der Waals surface area (Å²) in [6.45, 7) is -0.0413. The number of hydrogen-bond acceptors (Lipinski definition) is 5. The van der Waals surface area contributed by atoms with Crippen molar-refractivity contribution >= 4 is 28.7 Å². The van der Waals surface area contributed by atoms with Crippen LogP contribution in [-0.4, -0.2) is 25.0 Å². The molecule has 8 nitrogen and oxygen atoms in total. The van der Waals surface area contributed by atoms with Gasteiger partial charge in [-0.15, -0.1) is 0 Å². The first kappa shape index (κ1) is 20.5. The second kappa shape index (κ2) is 8.93. The lowest BCUT2D eigenvalue weighted by atomic mass is 10.2. The lowest BCUT2D eigenvalue weighted by Gasteiger charge is -2.13. The fraction of sp³-hybridized carbons (Fsp3) is 0.136. The summed E-state index contributed by atoms with van der Waals surface area (Å²) in [7, 11) is 0. The van der Waals surface area contributed by atoms with E-state index in [4.69, 9.17) is 11.6 Å². The summed E-state index contributed by atoms with van der Waals surface area (Å²) in [5.41, 5.74) is 0.439. The molecule has 0 aliphatic heterocycles. The molecular weight excluding hydrogens is 418 g/mol. The number of benzene rings is 2. The summed E-state index contributed by atoms with van der Waals surface area (Å²) >= 11 is 6.12. The Kier molecular flexibility index (Phi) is 5.90. The van der Waals surface area contributed by atoms with E-state index in [1.165, 1.54) is 12.4 Å². The zero-order valence-corrected chi connectivity index (χ0v) is 17.1. The van der Waals surface area contributed by atoms with Gasteiger partial charge in [0.1, 0.15) is 6.54 Å². The average Bonchev–Trinajstić information content (AvgIpc) is 2.79. The van der Waals surface area contributed by atoms with Crippen molar-refractivity contribution in [3.05, 3.63) is 104 Å². The summed E-state index contributed by atoms with van der Waals surface area (Å²) in [4.78, 5) is 46.8. The van der Waals surface area contributed by atoms with Crippen LogP contribution in [0.4, 0.5) is 0 Å². The number of nitrogens with one attached hydrogen (secondary N) is 1. The average molecular weight is 436 g/mol. The van der Waals surface area contributed by atoms with Gasteiger partial charge >= 0.3 is 5.69 Å². The first-order valence-electron chi connectivity index (χ1n) is 9.53. The molecule has 31 heavy (non-hydrogen) atoms. The molecule has 4 aromatic rings. The van der Waals surface area contributed by atoms with Gasteiger partial charge in [-0.1, -0.05) is 60.1 Å². The van der Waals surface area contributed by atoms with Gasteiger partial charge in [-0.3, -0.25) is 18.7 Å². The number of rotatable bonds is 6. The Morgan fingerprint density at radius 3 is 2.42 bits per heavy atom. The number of aromatic nitrogens is 4. The number of fused-ring (bicyclic) bond motifs is 1. The summed E-state index contributed by atoms with van der Waals surface area (Å²) in [5, 5.41) is 3.28. The van der Waals surface area contributed by atoms with E-state index in [0.29, 0.717) is 5.02 Å². The molecule has 0 radical (unpaired) electrons. The Balaban J connectivity index is 1.68. The van der Waals surface area contributed by atoms with Gasteiger partial charge < -0.3 is 5.32 Å². The molecule has 0 spiro atoms. The monoisotopic (exact) mass is 435 g/mol. The van der Waals surface area contributed by atoms with Crippen molar-refractivity contribution < 1.29 is 4.79 Å². The van der Waals surface area contributed by atoms with Gasteiger partial charge in [0, 0.05) is 24.0 Å². The van der Waals surface area contributed by atoms with Crippen LogP contribution in [0.1, 0.15) is 11.1 Å². The largest absolute Gasteiger partial charge is 0.350 e. The second-order valence-electron chi connectivity index (χ2n) is 6.84. The van der Waals surface area contributed by atoms with Crippen molar-refractivity contribution in [2.24, 2.45) is 0 Å². The third-order valence-electron chi connectivity index (χ3n) is 4.76. The van der Waals surface area contributed by atoms with E-state index >= 15 is 0 Å². The van der Waals surface area contributed by atoms with Gasteiger partial charge in [0.15, 0.2) is 11.2 Å². The van der Waals surface area contributed by atoms with Crippen molar-refractivity contribution in [1.82, 2.24) is 24.4 Å². The van der Waals surface area contributed by atoms with E-state index in [0.717, 1.165) is 20.3 Å². The number of carbonyl (C=O) groups is 1. The van der Waals surface area contributed by atoms with Crippen molar-refractivity contribution in [3.63, 3.8) is 0 Å².